The van der Waals surface area contributed by atoms with E-state index in [1.807, 2.05) is 28.9 Å². The molecule has 0 amide bonds. The molecule has 3 aromatic heterocycles. The van der Waals surface area contributed by atoms with Gasteiger partial charge >= 0.3 is 0 Å². The Balaban J connectivity index is 1.46. The Kier molecular flexibility index (Phi) is 6.31. The summed E-state index contributed by atoms with van der Waals surface area (Å²) >= 11 is 0. The van der Waals surface area contributed by atoms with Gasteiger partial charge in [0.05, 0.1) is 45.1 Å². The van der Waals surface area contributed by atoms with Crippen LogP contribution in [0.25, 0.3) is 10.9 Å². The lowest BCUT2D eigenvalue weighted by atomic mass is 10.1. The standard InChI is InChI=1S/C24H28N6O4/c1-32-21-11-16-10-17(24(31)25-20(16)12-22(21)33-2)13-29(14-19-8-5-9-34-19)15-23-26-27-28-30(23)18-6-3-4-7-18/h5,8-12,18H,3-4,6-7,13-15H2,1-2H3,(H,25,31). The molecule has 10 heteroatoms. The smallest absolute Gasteiger partial charge is 0.252 e. The van der Waals surface area contributed by atoms with E-state index in [2.05, 4.69) is 25.4 Å². The van der Waals surface area contributed by atoms with Gasteiger partial charge < -0.3 is 18.9 Å². The molecule has 1 saturated carbocycles. The van der Waals surface area contributed by atoms with Gasteiger partial charge in [0.25, 0.3) is 5.56 Å². The van der Waals surface area contributed by atoms with Crippen molar-refractivity contribution in [3.8, 4) is 11.5 Å². The summed E-state index contributed by atoms with van der Waals surface area (Å²) in [5, 5.41) is 13.4. The number of hydrogen-bond donors (Lipinski definition) is 1. The van der Waals surface area contributed by atoms with Crippen molar-refractivity contribution in [2.45, 2.75) is 51.4 Å². The number of nitrogens with zero attached hydrogens (tertiary/aromatic N) is 5. The van der Waals surface area contributed by atoms with Crippen LogP contribution in [-0.4, -0.2) is 44.3 Å². The minimum absolute atomic E-state index is 0.153. The van der Waals surface area contributed by atoms with Gasteiger partial charge in [0.1, 0.15) is 5.76 Å². The Morgan fingerprint density at radius 3 is 2.65 bits per heavy atom. The van der Waals surface area contributed by atoms with Gasteiger partial charge in [-0.05, 0) is 47.5 Å². The van der Waals surface area contributed by atoms with Crippen molar-refractivity contribution in [3.63, 3.8) is 0 Å². The van der Waals surface area contributed by atoms with Crippen LogP contribution in [0.4, 0.5) is 0 Å². The predicted octanol–water partition coefficient (Wildman–Crippen LogP) is 3.44. The second kappa shape index (κ2) is 9.68. The average Bonchev–Trinajstić information content (AvgIpc) is 3.61. The number of rotatable bonds is 9. The quantitative estimate of drug-likeness (QED) is 0.401. The molecule has 0 spiro atoms. The van der Waals surface area contributed by atoms with E-state index in [0.717, 1.165) is 29.8 Å². The molecule has 0 aliphatic heterocycles. The van der Waals surface area contributed by atoms with Crippen molar-refractivity contribution in [1.29, 1.82) is 0 Å². The monoisotopic (exact) mass is 464 g/mol. The Morgan fingerprint density at radius 1 is 1.12 bits per heavy atom. The van der Waals surface area contributed by atoms with E-state index >= 15 is 0 Å². The first-order chi connectivity index (χ1) is 16.6. The number of methoxy groups -OCH3 is 2. The van der Waals surface area contributed by atoms with Crippen molar-refractivity contribution in [2.24, 2.45) is 0 Å². The second-order valence-corrected chi connectivity index (χ2v) is 8.62. The summed E-state index contributed by atoms with van der Waals surface area (Å²) in [5.74, 6) is 2.78. The van der Waals surface area contributed by atoms with Gasteiger partial charge in [-0.1, -0.05) is 12.8 Å². The molecule has 178 valence electrons. The van der Waals surface area contributed by atoms with Crippen LogP contribution in [0.2, 0.25) is 0 Å². The van der Waals surface area contributed by atoms with Crippen molar-refractivity contribution < 1.29 is 13.9 Å². The summed E-state index contributed by atoms with van der Waals surface area (Å²) in [4.78, 5) is 18.1. The first kappa shape index (κ1) is 22.1. The molecule has 1 aliphatic rings. The first-order valence-corrected chi connectivity index (χ1v) is 11.4. The minimum atomic E-state index is -0.153. The third kappa shape index (κ3) is 4.54. The number of aromatic amines is 1. The summed E-state index contributed by atoms with van der Waals surface area (Å²) in [5.41, 5.74) is 1.17. The maximum absolute atomic E-state index is 13.0. The zero-order chi connectivity index (χ0) is 23.5. The highest BCUT2D eigenvalue weighted by atomic mass is 16.5. The van der Waals surface area contributed by atoms with Crippen LogP contribution in [0.15, 0.2) is 45.8 Å². The number of pyridine rings is 1. The summed E-state index contributed by atoms with van der Waals surface area (Å²) in [7, 11) is 3.16. The largest absolute Gasteiger partial charge is 0.493 e. The number of ether oxygens (including phenoxy) is 2. The fraction of sp³-hybridized carbons (Fsp3) is 0.417. The van der Waals surface area contributed by atoms with Gasteiger partial charge in [-0.25, -0.2) is 4.68 Å². The Bertz CT molecular complexity index is 1310. The molecular formula is C24H28N6O4. The number of benzene rings is 1. The fourth-order valence-corrected chi connectivity index (χ4v) is 4.68. The van der Waals surface area contributed by atoms with E-state index in [-0.39, 0.29) is 5.56 Å². The zero-order valence-corrected chi connectivity index (χ0v) is 19.4. The number of furan rings is 1. The van der Waals surface area contributed by atoms with E-state index in [1.54, 1.807) is 26.5 Å². The summed E-state index contributed by atoms with van der Waals surface area (Å²) in [6.07, 6.45) is 6.22. The van der Waals surface area contributed by atoms with E-state index in [4.69, 9.17) is 13.9 Å². The van der Waals surface area contributed by atoms with Crippen LogP contribution in [0.3, 0.4) is 0 Å². The van der Waals surface area contributed by atoms with Gasteiger partial charge in [0, 0.05) is 23.6 Å². The average molecular weight is 465 g/mol. The molecule has 0 unspecified atom stereocenters. The molecule has 4 aromatic rings. The van der Waals surface area contributed by atoms with Gasteiger partial charge in [0.2, 0.25) is 0 Å². The Morgan fingerprint density at radius 2 is 1.91 bits per heavy atom. The number of aromatic nitrogens is 5. The summed E-state index contributed by atoms with van der Waals surface area (Å²) in [6.45, 7) is 1.42. The molecule has 1 aliphatic carbocycles. The molecular weight excluding hydrogens is 436 g/mol. The van der Waals surface area contributed by atoms with Gasteiger partial charge in [0.15, 0.2) is 17.3 Å². The number of H-pyrrole nitrogens is 1. The first-order valence-electron chi connectivity index (χ1n) is 11.4. The molecule has 34 heavy (non-hydrogen) atoms. The Hall–Kier alpha value is -3.66. The summed E-state index contributed by atoms with van der Waals surface area (Å²) < 4.78 is 18.3. The SMILES string of the molecule is COc1cc2cc(CN(Cc3ccco3)Cc3nnnn3C3CCCC3)c(=O)[nH]c2cc1OC. The maximum atomic E-state index is 13.0. The van der Waals surface area contributed by atoms with Crippen LogP contribution in [0.1, 0.15) is 48.9 Å². The number of fused-ring (bicyclic) bond motifs is 1. The topological polar surface area (TPSA) is 111 Å². The number of tetrazole rings is 1. The lowest BCUT2D eigenvalue weighted by molar-refractivity contribution is 0.213. The van der Waals surface area contributed by atoms with Crippen LogP contribution >= 0.6 is 0 Å². The molecule has 0 atom stereocenters. The molecule has 0 bridgehead atoms. The van der Waals surface area contributed by atoms with Crippen molar-refractivity contribution in [2.75, 3.05) is 14.2 Å². The third-order valence-electron chi connectivity index (χ3n) is 6.38. The van der Waals surface area contributed by atoms with E-state index < -0.39 is 0 Å². The van der Waals surface area contributed by atoms with Crippen LogP contribution in [0, 0.1) is 0 Å². The highest BCUT2D eigenvalue weighted by Gasteiger charge is 2.23. The van der Waals surface area contributed by atoms with E-state index in [0.29, 0.717) is 48.3 Å². The lowest BCUT2D eigenvalue weighted by Crippen LogP contribution is -2.28. The van der Waals surface area contributed by atoms with Gasteiger partial charge in [-0.3, -0.25) is 9.69 Å². The van der Waals surface area contributed by atoms with Crippen molar-refractivity contribution in [1.82, 2.24) is 30.1 Å². The van der Waals surface area contributed by atoms with Crippen LogP contribution in [-0.2, 0) is 19.6 Å². The molecule has 1 aromatic carbocycles. The Labute approximate surface area is 196 Å². The molecule has 3 heterocycles. The zero-order valence-electron chi connectivity index (χ0n) is 19.4. The normalized spacial score (nSPS) is 14.3. The highest BCUT2D eigenvalue weighted by Crippen LogP contribution is 2.32. The van der Waals surface area contributed by atoms with Crippen molar-refractivity contribution in [3.05, 3.63) is 64.1 Å². The minimum Gasteiger partial charge on any atom is -0.493 e. The lowest BCUT2D eigenvalue weighted by Gasteiger charge is -2.22. The van der Waals surface area contributed by atoms with E-state index in [9.17, 15) is 4.79 Å². The van der Waals surface area contributed by atoms with E-state index in [1.165, 1.54) is 12.8 Å². The third-order valence-corrected chi connectivity index (χ3v) is 6.38. The molecule has 10 nitrogen and oxygen atoms in total. The second-order valence-electron chi connectivity index (χ2n) is 8.62. The molecule has 0 radical (unpaired) electrons. The van der Waals surface area contributed by atoms with Crippen molar-refractivity contribution >= 4 is 10.9 Å². The highest BCUT2D eigenvalue weighted by molar-refractivity contribution is 5.83. The predicted molar refractivity (Wildman–Crippen MR) is 125 cm³/mol. The number of hydrogen-bond acceptors (Lipinski definition) is 8. The molecule has 1 N–H and O–H groups in total. The molecule has 1 fully saturated rings. The number of nitrogens with one attached hydrogen (secondary N) is 1. The molecule has 0 saturated heterocycles. The maximum Gasteiger partial charge on any atom is 0.252 e. The van der Waals surface area contributed by atoms with Gasteiger partial charge in [-0.15, -0.1) is 5.10 Å². The molecule has 5 rings (SSSR count). The van der Waals surface area contributed by atoms with Gasteiger partial charge in [-0.2, -0.15) is 0 Å². The summed E-state index contributed by atoms with van der Waals surface area (Å²) in [6, 6.07) is 9.65. The van der Waals surface area contributed by atoms with Crippen LogP contribution < -0.4 is 15.0 Å². The fourth-order valence-electron chi connectivity index (χ4n) is 4.68. The van der Waals surface area contributed by atoms with Crippen LogP contribution in [0.5, 0.6) is 11.5 Å².